The summed E-state index contributed by atoms with van der Waals surface area (Å²) in [7, 11) is 0. The number of fused-ring (bicyclic) bond motifs is 3. The molecule has 0 aliphatic carbocycles. The number of nitrogens with zero attached hydrogens (tertiary/aromatic N) is 4. The van der Waals surface area contributed by atoms with Gasteiger partial charge >= 0.3 is 5.69 Å². The molecule has 5 rings (SSSR count). The van der Waals surface area contributed by atoms with E-state index in [2.05, 4.69) is 10.4 Å². The largest absolute Gasteiger partial charge is 0.494 e. The fourth-order valence-corrected chi connectivity index (χ4v) is 4.40. The first kappa shape index (κ1) is 20.8. The van der Waals surface area contributed by atoms with Crippen molar-refractivity contribution in [1.29, 1.82) is 0 Å². The molecule has 10 nitrogen and oxygen atoms in total. The number of hydrogen-bond acceptors (Lipinski definition) is 7. The van der Waals surface area contributed by atoms with Crippen LogP contribution >= 0.6 is 11.3 Å². The van der Waals surface area contributed by atoms with Crippen molar-refractivity contribution in [3.8, 4) is 5.75 Å². The summed E-state index contributed by atoms with van der Waals surface area (Å²) in [6.45, 7) is 2.23. The van der Waals surface area contributed by atoms with Gasteiger partial charge in [0.15, 0.2) is 0 Å². The lowest BCUT2D eigenvalue weighted by atomic mass is 10.3. The Hall–Kier alpha value is -4.12. The van der Waals surface area contributed by atoms with Gasteiger partial charge in [-0.25, -0.2) is 13.9 Å². The van der Waals surface area contributed by atoms with E-state index in [-0.39, 0.29) is 24.4 Å². The molecule has 5 aromatic rings. The normalized spacial score (nSPS) is 11.3. The van der Waals surface area contributed by atoms with Gasteiger partial charge in [-0.1, -0.05) is 0 Å². The standard InChI is InChI=1S/C22H19N5O5S/c1-2-31-15-7-5-14(6-8-15)23-18(28)13-26-22(30)27-17-9-11-33-19(17)20(29)25(21(27)24-26)12-16-4-3-10-32-16/h3-11H,2,12-13H2,1H3,(H,23,28). The molecule has 0 saturated heterocycles. The minimum atomic E-state index is -0.511. The number of ether oxygens (including phenoxy) is 1. The molecule has 0 atom stereocenters. The van der Waals surface area contributed by atoms with Crippen molar-refractivity contribution < 1.29 is 13.9 Å². The van der Waals surface area contributed by atoms with E-state index in [9.17, 15) is 14.4 Å². The molecule has 0 bridgehead atoms. The topological polar surface area (TPSA) is 113 Å². The van der Waals surface area contributed by atoms with E-state index in [0.29, 0.717) is 34.0 Å². The van der Waals surface area contributed by atoms with Gasteiger partial charge in [-0.2, -0.15) is 0 Å². The predicted molar refractivity (Wildman–Crippen MR) is 123 cm³/mol. The van der Waals surface area contributed by atoms with Crippen LogP contribution in [0.3, 0.4) is 0 Å². The van der Waals surface area contributed by atoms with Gasteiger partial charge < -0.3 is 14.5 Å². The Bertz CT molecular complexity index is 1560. The zero-order valence-corrected chi connectivity index (χ0v) is 18.4. The molecule has 1 amide bonds. The van der Waals surface area contributed by atoms with E-state index < -0.39 is 11.6 Å². The lowest BCUT2D eigenvalue weighted by Gasteiger charge is -2.06. The zero-order chi connectivity index (χ0) is 22.9. The number of carbonyl (C=O) groups excluding carboxylic acids is 1. The van der Waals surface area contributed by atoms with Crippen molar-refractivity contribution in [2.75, 3.05) is 11.9 Å². The molecule has 4 aromatic heterocycles. The summed E-state index contributed by atoms with van der Waals surface area (Å²) in [6.07, 6.45) is 1.51. The first-order chi connectivity index (χ1) is 16.0. The molecule has 0 aliphatic heterocycles. The molecular weight excluding hydrogens is 446 g/mol. The van der Waals surface area contributed by atoms with Gasteiger partial charge in [0.25, 0.3) is 5.56 Å². The van der Waals surface area contributed by atoms with Crippen molar-refractivity contribution in [3.63, 3.8) is 0 Å². The minimum Gasteiger partial charge on any atom is -0.494 e. The van der Waals surface area contributed by atoms with Crippen LogP contribution in [-0.4, -0.2) is 31.3 Å². The molecule has 11 heteroatoms. The summed E-state index contributed by atoms with van der Waals surface area (Å²) in [6, 6.07) is 12.1. The van der Waals surface area contributed by atoms with Crippen molar-refractivity contribution in [2.24, 2.45) is 0 Å². The summed E-state index contributed by atoms with van der Waals surface area (Å²) >= 11 is 1.24. The quantitative estimate of drug-likeness (QED) is 0.395. The van der Waals surface area contributed by atoms with Gasteiger partial charge in [-0.05, 0) is 54.8 Å². The summed E-state index contributed by atoms with van der Waals surface area (Å²) in [5, 5.41) is 8.80. The second kappa shape index (κ2) is 8.43. The van der Waals surface area contributed by atoms with Crippen LogP contribution in [0, 0.1) is 0 Å². The SMILES string of the molecule is CCOc1ccc(NC(=O)Cn2nc3n(Cc4ccco4)c(=O)c4sccc4n3c2=O)cc1. The molecule has 0 fully saturated rings. The van der Waals surface area contributed by atoms with Crippen LogP contribution in [0.25, 0.3) is 16.0 Å². The number of rotatable bonds is 7. The Morgan fingerprint density at radius 1 is 1.18 bits per heavy atom. The molecule has 4 heterocycles. The summed E-state index contributed by atoms with van der Waals surface area (Å²) in [5.41, 5.74) is 0.234. The number of thiophene rings is 1. The molecule has 0 radical (unpaired) electrons. The van der Waals surface area contributed by atoms with Crippen LogP contribution in [0.5, 0.6) is 5.75 Å². The number of nitrogens with one attached hydrogen (secondary N) is 1. The monoisotopic (exact) mass is 465 g/mol. The minimum absolute atomic E-state index is 0.109. The van der Waals surface area contributed by atoms with Crippen LogP contribution in [0.1, 0.15) is 12.7 Å². The zero-order valence-electron chi connectivity index (χ0n) is 17.6. The average Bonchev–Trinajstić information content (AvgIpc) is 3.54. The van der Waals surface area contributed by atoms with Gasteiger partial charge in [-0.15, -0.1) is 16.4 Å². The molecule has 0 unspecified atom stereocenters. The van der Waals surface area contributed by atoms with Gasteiger partial charge in [0.2, 0.25) is 11.7 Å². The fraction of sp³-hybridized carbons (Fsp3) is 0.182. The highest BCUT2D eigenvalue weighted by Gasteiger charge is 2.20. The third kappa shape index (κ3) is 3.82. The fourth-order valence-electron chi connectivity index (χ4n) is 3.58. The highest BCUT2D eigenvalue weighted by Crippen LogP contribution is 2.18. The highest BCUT2D eigenvalue weighted by molar-refractivity contribution is 7.17. The molecule has 0 aliphatic rings. The van der Waals surface area contributed by atoms with Gasteiger partial charge in [-0.3, -0.25) is 14.2 Å². The Kier molecular flexibility index (Phi) is 5.31. The lowest BCUT2D eigenvalue weighted by Crippen LogP contribution is -2.29. The van der Waals surface area contributed by atoms with Crippen LogP contribution < -0.4 is 21.3 Å². The van der Waals surface area contributed by atoms with E-state index in [4.69, 9.17) is 9.15 Å². The van der Waals surface area contributed by atoms with Crippen molar-refractivity contribution in [3.05, 3.63) is 80.7 Å². The molecule has 33 heavy (non-hydrogen) atoms. The predicted octanol–water partition coefficient (Wildman–Crippen LogP) is 2.55. The second-order valence-electron chi connectivity index (χ2n) is 7.19. The van der Waals surface area contributed by atoms with E-state index >= 15 is 0 Å². The summed E-state index contributed by atoms with van der Waals surface area (Å²) in [5.74, 6) is 0.957. The number of furan rings is 1. The summed E-state index contributed by atoms with van der Waals surface area (Å²) in [4.78, 5) is 38.8. The highest BCUT2D eigenvalue weighted by atomic mass is 32.1. The van der Waals surface area contributed by atoms with Crippen LogP contribution in [-0.2, 0) is 17.9 Å². The third-order valence-corrected chi connectivity index (χ3v) is 5.92. The van der Waals surface area contributed by atoms with Crippen molar-refractivity contribution in [1.82, 2.24) is 18.7 Å². The lowest BCUT2D eigenvalue weighted by molar-refractivity contribution is -0.117. The third-order valence-electron chi connectivity index (χ3n) is 5.02. The van der Waals surface area contributed by atoms with Crippen LogP contribution in [0.15, 0.2) is 68.1 Å². The Labute approximate surface area is 190 Å². The van der Waals surface area contributed by atoms with Crippen molar-refractivity contribution in [2.45, 2.75) is 20.0 Å². The number of hydrogen-bond donors (Lipinski definition) is 1. The summed E-state index contributed by atoms with van der Waals surface area (Å²) < 4.78 is 15.0. The number of aromatic nitrogens is 4. The first-order valence-corrected chi connectivity index (χ1v) is 11.1. The Morgan fingerprint density at radius 3 is 2.73 bits per heavy atom. The van der Waals surface area contributed by atoms with E-state index in [1.165, 1.54) is 26.6 Å². The maximum Gasteiger partial charge on any atom is 0.352 e. The molecule has 1 N–H and O–H groups in total. The maximum absolute atomic E-state index is 13.1. The molecule has 168 valence electrons. The van der Waals surface area contributed by atoms with Gasteiger partial charge in [0, 0.05) is 5.69 Å². The van der Waals surface area contributed by atoms with Crippen molar-refractivity contribution >= 4 is 38.9 Å². The maximum atomic E-state index is 13.1. The van der Waals surface area contributed by atoms with E-state index in [1.807, 2.05) is 6.92 Å². The number of amides is 1. The average molecular weight is 465 g/mol. The van der Waals surface area contributed by atoms with E-state index in [0.717, 1.165) is 4.68 Å². The molecule has 0 saturated carbocycles. The second-order valence-corrected chi connectivity index (χ2v) is 8.10. The Morgan fingerprint density at radius 2 is 2.00 bits per heavy atom. The molecular formula is C22H19N5O5S. The molecule has 0 spiro atoms. The molecule has 1 aromatic carbocycles. The van der Waals surface area contributed by atoms with E-state index in [1.54, 1.807) is 47.8 Å². The van der Waals surface area contributed by atoms with Gasteiger partial charge in [0.1, 0.15) is 22.8 Å². The van der Waals surface area contributed by atoms with Crippen LogP contribution in [0.2, 0.25) is 0 Å². The smallest absolute Gasteiger partial charge is 0.352 e. The number of benzene rings is 1. The van der Waals surface area contributed by atoms with Crippen LogP contribution in [0.4, 0.5) is 5.69 Å². The number of carbonyl (C=O) groups is 1. The van der Waals surface area contributed by atoms with Gasteiger partial charge in [0.05, 0.1) is 24.9 Å². The Balaban J connectivity index is 1.50. The number of anilines is 1. The first-order valence-electron chi connectivity index (χ1n) is 10.2.